The Bertz CT molecular complexity index is 348. The summed E-state index contributed by atoms with van der Waals surface area (Å²) >= 11 is 0. The monoisotopic (exact) mass is 265 g/mol. The molecule has 0 amide bonds. The summed E-state index contributed by atoms with van der Waals surface area (Å²) in [5.74, 6) is 1.38. The van der Waals surface area contributed by atoms with E-state index in [1.54, 1.807) is 7.11 Å². The second kappa shape index (κ2) is 8.18. The lowest BCUT2D eigenvalue weighted by Crippen LogP contribution is -2.36. The fourth-order valence-corrected chi connectivity index (χ4v) is 2.37. The zero-order valence-electron chi connectivity index (χ0n) is 12.8. The molecule has 1 N–H and O–H groups in total. The average Bonchev–Trinajstić information content (AvgIpc) is 2.39. The molecule has 1 aromatic carbocycles. The zero-order valence-corrected chi connectivity index (χ0v) is 12.8. The van der Waals surface area contributed by atoms with Crippen molar-refractivity contribution in [2.45, 2.75) is 39.8 Å². The highest BCUT2D eigenvalue weighted by Crippen LogP contribution is 2.26. The van der Waals surface area contributed by atoms with E-state index in [0.717, 1.165) is 12.3 Å². The second-order valence-corrected chi connectivity index (χ2v) is 4.98. The molecular weight excluding hydrogens is 238 g/mol. The highest BCUT2D eigenvalue weighted by molar-refractivity contribution is 5.30. The fraction of sp³-hybridized carbons (Fsp3) is 0.625. The quantitative estimate of drug-likeness (QED) is 0.781. The third kappa shape index (κ3) is 4.51. The lowest BCUT2D eigenvalue weighted by atomic mass is 9.93. The van der Waals surface area contributed by atoms with Crippen molar-refractivity contribution in [3.63, 3.8) is 0 Å². The topological polar surface area (TPSA) is 30.5 Å². The smallest absolute Gasteiger partial charge is 0.119 e. The molecule has 108 valence electrons. The summed E-state index contributed by atoms with van der Waals surface area (Å²) in [7, 11) is 1.78. The summed E-state index contributed by atoms with van der Waals surface area (Å²) in [6, 6.07) is 8.50. The molecule has 0 aliphatic heterocycles. The van der Waals surface area contributed by atoms with Gasteiger partial charge >= 0.3 is 0 Å². The molecule has 2 atom stereocenters. The molecule has 1 rings (SSSR count). The number of hydrogen-bond acceptors (Lipinski definition) is 3. The Balaban J connectivity index is 2.91. The van der Waals surface area contributed by atoms with Gasteiger partial charge in [-0.15, -0.1) is 0 Å². The number of nitrogens with one attached hydrogen (secondary N) is 1. The summed E-state index contributed by atoms with van der Waals surface area (Å²) in [5, 5.41) is 3.52. The Labute approximate surface area is 117 Å². The predicted molar refractivity (Wildman–Crippen MR) is 79.7 cm³/mol. The number of rotatable bonds is 8. The maximum atomic E-state index is 5.66. The van der Waals surface area contributed by atoms with Gasteiger partial charge in [0.25, 0.3) is 0 Å². The lowest BCUT2D eigenvalue weighted by molar-refractivity contribution is 0.0331. The number of benzene rings is 1. The zero-order chi connectivity index (χ0) is 14.3. The van der Waals surface area contributed by atoms with Crippen molar-refractivity contribution in [3.05, 3.63) is 29.8 Å². The van der Waals surface area contributed by atoms with Gasteiger partial charge in [-0.2, -0.15) is 0 Å². The summed E-state index contributed by atoms with van der Waals surface area (Å²) in [6.07, 6.45) is 0.165. The van der Waals surface area contributed by atoms with Gasteiger partial charge < -0.3 is 14.8 Å². The van der Waals surface area contributed by atoms with E-state index in [0.29, 0.717) is 12.5 Å². The normalized spacial score (nSPS) is 14.4. The highest BCUT2D eigenvalue weighted by Gasteiger charge is 2.25. The van der Waals surface area contributed by atoms with Crippen molar-refractivity contribution < 1.29 is 9.47 Å². The summed E-state index contributed by atoms with van der Waals surface area (Å²) < 4.78 is 11.1. The van der Waals surface area contributed by atoms with Gasteiger partial charge in [0, 0.05) is 7.11 Å². The van der Waals surface area contributed by atoms with E-state index >= 15 is 0 Å². The van der Waals surface area contributed by atoms with Gasteiger partial charge in [0.15, 0.2) is 0 Å². The van der Waals surface area contributed by atoms with Crippen LogP contribution in [0.15, 0.2) is 24.3 Å². The van der Waals surface area contributed by atoms with Crippen molar-refractivity contribution in [1.29, 1.82) is 0 Å². The van der Waals surface area contributed by atoms with Crippen LogP contribution in [0.2, 0.25) is 0 Å². The molecule has 0 aromatic heterocycles. The Hall–Kier alpha value is -1.06. The fourth-order valence-electron chi connectivity index (χ4n) is 2.37. The molecule has 0 radical (unpaired) electrons. The minimum Gasteiger partial charge on any atom is -0.494 e. The van der Waals surface area contributed by atoms with Crippen LogP contribution in [0.25, 0.3) is 0 Å². The molecule has 1 aromatic rings. The van der Waals surface area contributed by atoms with Gasteiger partial charge in [-0.05, 0) is 37.1 Å². The third-order valence-electron chi connectivity index (χ3n) is 3.23. The van der Waals surface area contributed by atoms with Crippen LogP contribution < -0.4 is 10.1 Å². The minimum absolute atomic E-state index is 0.165. The summed E-state index contributed by atoms with van der Waals surface area (Å²) in [6.45, 7) is 10.1. The SMILES string of the molecule is CCNC(c1ccc(OCC)cc1)C(OC)C(C)C. The van der Waals surface area contributed by atoms with Crippen molar-refractivity contribution in [3.8, 4) is 5.75 Å². The molecule has 0 aliphatic rings. The van der Waals surface area contributed by atoms with Crippen LogP contribution in [0.5, 0.6) is 5.75 Å². The Morgan fingerprint density at radius 3 is 2.16 bits per heavy atom. The van der Waals surface area contributed by atoms with Crippen LogP contribution >= 0.6 is 0 Å². The molecule has 0 aliphatic carbocycles. The third-order valence-corrected chi connectivity index (χ3v) is 3.23. The first-order valence-electron chi connectivity index (χ1n) is 7.12. The first kappa shape index (κ1) is 16.0. The predicted octanol–water partition coefficient (Wildman–Crippen LogP) is 3.41. The van der Waals surface area contributed by atoms with Crippen molar-refractivity contribution in [2.75, 3.05) is 20.3 Å². The van der Waals surface area contributed by atoms with E-state index < -0.39 is 0 Å². The minimum atomic E-state index is 0.165. The molecule has 2 unspecified atom stereocenters. The van der Waals surface area contributed by atoms with Crippen LogP contribution in [-0.2, 0) is 4.74 Å². The maximum absolute atomic E-state index is 5.66. The molecule has 0 saturated heterocycles. The van der Waals surface area contributed by atoms with Gasteiger partial charge in [-0.25, -0.2) is 0 Å². The summed E-state index contributed by atoms with van der Waals surface area (Å²) in [5.41, 5.74) is 1.24. The van der Waals surface area contributed by atoms with Gasteiger partial charge in [0.2, 0.25) is 0 Å². The molecule has 0 fully saturated rings. The number of methoxy groups -OCH3 is 1. The Morgan fingerprint density at radius 1 is 1.11 bits per heavy atom. The first-order valence-corrected chi connectivity index (χ1v) is 7.12. The van der Waals surface area contributed by atoms with Crippen molar-refractivity contribution in [2.24, 2.45) is 5.92 Å². The average molecular weight is 265 g/mol. The largest absolute Gasteiger partial charge is 0.494 e. The van der Waals surface area contributed by atoms with Crippen LogP contribution in [0.4, 0.5) is 0 Å². The molecule has 3 heteroatoms. The van der Waals surface area contributed by atoms with E-state index in [1.807, 2.05) is 19.1 Å². The van der Waals surface area contributed by atoms with Gasteiger partial charge in [0.1, 0.15) is 5.75 Å². The summed E-state index contributed by atoms with van der Waals surface area (Å²) in [4.78, 5) is 0. The lowest BCUT2D eigenvalue weighted by Gasteiger charge is -2.30. The standard InChI is InChI=1S/C16H27NO2/c1-6-17-15(16(18-5)12(3)4)13-8-10-14(11-9-13)19-7-2/h8-12,15-17H,6-7H2,1-5H3. The van der Waals surface area contributed by atoms with Gasteiger partial charge in [-0.1, -0.05) is 32.9 Å². The number of hydrogen-bond donors (Lipinski definition) is 1. The Morgan fingerprint density at radius 2 is 1.74 bits per heavy atom. The van der Waals surface area contributed by atoms with Crippen LogP contribution in [0.3, 0.4) is 0 Å². The molecule has 0 bridgehead atoms. The van der Waals surface area contributed by atoms with Crippen LogP contribution in [-0.4, -0.2) is 26.4 Å². The molecule has 0 heterocycles. The van der Waals surface area contributed by atoms with E-state index in [9.17, 15) is 0 Å². The first-order chi connectivity index (χ1) is 9.13. The highest BCUT2D eigenvalue weighted by atomic mass is 16.5. The number of likely N-dealkylation sites (N-methyl/N-ethyl adjacent to an activating group) is 1. The van der Waals surface area contributed by atoms with E-state index in [4.69, 9.17) is 9.47 Å². The molecule has 0 saturated carbocycles. The Kier molecular flexibility index (Phi) is 6.89. The van der Waals surface area contributed by atoms with Crippen LogP contribution in [0, 0.1) is 5.92 Å². The molecule has 19 heavy (non-hydrogen) atoms. The van der Waals surface area contributed by atoms with Crippen LogP contribution in [0.1, 0.15) is 39.3 Å². The van der Waals surface area contributed by atoms with Crippen molar-refractivity contribution in [1.82, 2.24) is 5.32 Å². The molecule has 3 nitrogen and oxygen atoms in total. The van der Waals surface area contributed by atoms with E-state index in [-0.39, 0.29) is 12.1 Å². The van der Waals surface area contributed by atoms with E-state index in [1.165, 1.54) is 5.56 Å². The molecule has 0 spiro atoms. The second-order valence-electron chi connectivity index (χ2n) is 4.98. The maximum Gasteiger partial charge on any atom is 0.119 e. The van der Waals surface area contributed by atoms with Gasteiger partial charge in [0.05, 0.1) is 18.8 Å². The van der Waals surface area contributed by atoms with E-state index in [2.05, 4.69) is 38.2 Å². The van der Waals surface area contributed by atoms with Gasteiger partial charge in [-0.3, -0.25) is 0 Å². The number of ether oxygens (including phenoxy) is 2. The molecular formula is C16H27NO2. The van der Waals surface area contributed by atoms with Crippen molar-refractivity contribution >= 4 is 0 Å².